The minimum Gasteiger partial charge on any atom is -0.316 e. The van der Waals surface area contributed by atoms with E-state index in [1.807, 2.05) is 0 Å². The molecule has 0 spiro atoms. The van der Waals surface area contributed by atoms with E-state index in [0.717, 1.165) is 0 Å². The van der Waals surface area contributed by atoms with Gasteiger partial charge in [0.1, 0.15) is 0 Å². The smallest absolute Gasteiger partial charge is 0.00500 e. The standard InChI is InChI=1S/C16H35N3/c1-5-9-16(10-7-11-17-14-16)15-19(6-2)13-8-12-18(3)4/h17H,5-15H2,1-4H3. The third-order valence-electron chi connectivity index (χ3n) is 4.43. The third-order valence-corrected chi connectivity index (χ3v) is 4.43. The van der Waals surface area contributed by atoms with Gasteiger partial charge in [-0.3, -0.25) is 0 Å². The fraction of sp³-hybridized carbons (Fsp3) is 1.00. The number of rotatable bonds is 9. The first kappa shape index (κ1) is 16.9. The van der Waals surface area contributed by atoms with Crippen LogP contribution < -0.4 is 5.32 Å². The number of hydrogen-bond donors (Lipinski definition) is 1. The first-order valence-corrected chi connectivity index (χ1v) is 8.19. The summed E-state index contributed by atoms with van der Waals surface area (Å²) in [6, 6.07) is 0. The summed E-state index contributed by atoms with van der Waals surface area (Å²) in [6.45, 7) is 12.0. The second-order valence-electron chi connectivity index (χ2n) is 6.56. The predicted octanol–water partition coefficient (Wildman–Crippen LogP) is 2.43. The zero-order valence-corrected chi connectivity index (χ0v) is 13.7. The molecule has 3 heteroatoms. The van der Waals surface area contributed by atoms with Crippen LogP contribution in [0, 0.1) is 5.41 Å². The lowest BCUT2D eigenvalue weighted by Gasteiger charge is -2.41. The maximum atomic E-state index is 3.63. The largest absolute Gasteiger partial charge is 0.316 e. The van der Waals surface area contributed by atoms with Crippen LogP contribution in [0.5, 0.6) is 0 Å². The van der Waals surface area contributed by atoms with Crippen molar-refractivity contribution in [2.24, 2.45) is 5.41 Å². The average molecular weight is 269 g/mol. The minimum atomic E-state index is 0.543. The van der Waals surface area contributed by atoms with Gasteiger partial charge in [-0.15, -0.1) is 0 Å². The van der Waals surface area contributed by atoms with Gasteiger partial charge in [-0.2, -0.15) is 0 Å². The molecule has 1 aliphatic heterocycles. The van der Waals surface area contributed by atoms with Gasteiger partial charge >= 0.3 is 0 Å². The molecule has 1 N–H and O–H groups in total. The molecule has 0 saturated carbocycles. The van der Waals surface area contributed by atoms with E-state index >= 15 is 0 Å². The average Bonchev–Trinajstić information content (AvgIpc) is 2.38. The number of hydrogen-bond acceptors (Lipinski definition) is 3. The minimum absolute atomic E-state index is 0.543. The molecule has 0 aromatic heterocycles. The van der Waals surface area contributed by atoms with Crippen molar-refractivity contribution in [3.05, 3.63) is 0 Å². The van der Waals surface area contributed by atoms with Crippen molar-refractivity contribution >= 4 is 0 Å². The summed E-state index contributed by atoms with van der Waals surface area (Å²) in [6.07, 6.45) is 6.75. The summed E-state index contributed by atoms with van der Waals surface area (Å²) in [5.74, 6) is 0. The van der Waals surface area contributed by atoms with Crippen LogP contribution in [0.15, 0.2) is 0 Å². The number of nitrogens with zero attached hydrogens (tertiary/aromatic N) is 2. The second kappa shape index (κ2) is 8.93. The van der Waals surface area contributed by atoms with Crippen molar-refractivity contribution < 1.29 is 0 Å². The van der Waals surface area contributed by atoms with Gasteiger partial charge in [-0.05, 0) is 71.4 Å². The van der Waals surface area contributed by atoms with Gasteiger partial charge in [-0.25, -0.2) is 0 Å². The molecule has 0 radical (unpaired) electrons. The van der Waals surface area contributed by atoms with Gasteiger partial charge in [0.15, 0.2) is 0 Å². The molecule has 1 unspecified atom stereocenters. The zero-order chi connectivity index (χ0) is 14.1. The summed E-state index contributed by atoms with van der Waals surface area (Å²) in [4.78, 5) is 4.96. The van der Waals surface area contributed by atoms with E-state index in [1.165, 1.54) is 71.4 Å². The maximum Gasteiger partial charge on any atom is 0.00500 e. The summed E-state index contributed by atoms with van der Waals surface area (Å²) in [5, 5.41) is 3.63. The topological polar surface area (TPSA) is 18.5 Å². The van der Waals surface area contributed by atoms with Crippen molar-refractivity contribution in [1.82, 2.24) is 15.1 Å². The summed E-state index contributed by atoms with van der Waals surface area (Å²) in [7, 11) is 4.33. The van der Waals surface area contributed by atoms with Gasteiger partial charge in [0.25, 0.3) is 0 Å². The summed E-state index contributed by atoms with van der Waals surface area (Å²) < 4.78 is 0. The Bertz CT molecular complexity index is 217. The first-order valence-electron chi connectivity index (χ1n) is 8.19. The van der Waals surface area contributed by atoms with Gasteiger partial charge in [0, 0.05) is 13.1 Å². The van der Waals surface area contributed by atoms with Crippen molar-refractivity contribution in [3.63, 3.8) is 0 Å². The molecule has 1 atom stereocenters. The van der Waals surface area contributed by atoms with Crippen LogP contribution in [0.2, 0.25) is 0 Å². The van der Waals surface area contributed by atoms with Crippen LogP contribution in [0.4, 0.5) is 0 Å². The molecule has 1 aliphatic rings. The van der Waals surface area contributed by atoms with Crippen LogP contribution >= 0.6 is 0 Å². The molecule has 3 nitrogen and oxygen atoms in total. The normalized spacial score (nSPS) is 24.3. The Hall–Kier alpha value is -0.120. The van der Waals surface area contributed by atoms with Crippen LogP contribution in [-0.2, 0) is 0 Å². The molecule has 1 saturated heterocycles. The Balaban J connectivity index is 2.45. The Morgan fingerprint density at radius 3 is 2.47 bits per heavy atom. The highest BCUT2D eigenvalue weighted by Crippen LogP contribution is 2.32. The quantitative estimate of drug-likeness (QED) is 0.693. The van der Waals surface area contributed by atoms with E-state index < -0.39 is 0 Å². The number of piperidine rings is 1. The van der Waals surface area contributed by atoms with Crippen LogP contribution in [0.1, 0.15) is 46.0 Å². The predicted molar refractivity (Wildman–Crippen MR) is 84.7 cm³/mol. The molecule has 114 valence electrons. The lowest BCUT2D eigenvalue weighted by atomic mass is 9.76. The Kier molecular flexibility index (Phi) is 7.96. The van der Waals surface area contributed by atoms with E-state index in [2.05, 4.69) is 43.1 Å². The van der Waals surface area contributed by atoms with Crippen molar-refractivity contribution in [1.29, 1.82) is 0 Å². The molecule has 19 heavy (non-hydrogen) atoms. The molecule has 0 amide bonds. The van der Waals surface area contributed by atoms with Gasteiger partial charge < -0.3 is 15.1 Å². The Labute approximate surface area is 120 Å². The molecule has 1 heterocycles. The fourth-order valence-corrected chi connectivity index (χ4v) is 3.42. The van der Waals surface area contributed by atoms with Crippen LogP contribution in [0.3, 0.4) is 0 Å². The van der Waals surface area contributed by atoms with E-state index in [4.69, 9.17) is 0 Å². The highest BCUT2D eigenvalue weighted by Gasteiger charge is 2.32. The molecule has 1 rings (SSSR count). The van der Waals surface area contributed by atoms with Gasteiger partial charge in [-0.1, -0.05) is 20.3 Å². The Morgan fingerprint density at radius 2 is 1.95 bits per heavy atom. The zero-order valence-electron chi connectivity index (χ0n) is 13.7. The maximum absolute atomic E-state index is 3.63. The molecule has 0 aliphatic carbocycles. The molecule has 0 bridgehead atoms. The van der Waals surface area contributed by atoms with E-state index in [0.29, 0.717) is 5.41 Å². The lowest BCUT2D eigenvalue weighted by molar-refractivity contribution is 0.107. The van der Waals surface area contributed by atoms with E-state index in [9.17, 15) is 0 Å². The molecule has 0 aromatic rings. The highest BCUT2D eigenvalue weighted by atomic mass is 15.1. The molecular weight excluding hydrogens is 234 g/mol. The molecule has 0 aromatic carbocycles. The summed E-state index contributed by atoms with van der Waals surface area (Å²) in [5.41, 5.74) is 0.543. The summed E-state index contributed by atoms with van der Waals surface area (Å²) >= 11 is 0. The van der Waals surface area contributed by atoms with Crippen molar-refractivity contribution in [3.8, 4) is 0 Å². The lowest BCUT2D eigenvalue weighted by Crippen LogP contribution is -2.48. The van der Waals surface area contributed by atoms with Crippen LogP contribution in [0.25, 0.3) is 0 Å². The van der Waals surface area contributed by atoms with Crippen molar-refractivity contribution in [2.45, 2.75) is 46.0 Å². The third kappa shape index (κ3) is 6.24. The van der Waals surface area contributed by atoms with Crippen molar-refractivity contribution in [2.75, 3.05) is 53.4 Å². The van der Waals surface area contributed by atoms with Gasteiger partial charge in [0.2, 0.25) is 0 Å². The second-order valence-corrected chi connectivity index (χ2v) is 6.56. The Morgan fingerprint density at radius 1 is 1.16 bits per heavy atom. The molecule has 1 fully saturated rings. The highest BCUT2D eigenvalue weighted by molar-refractivity contribution is 4.88. The van der Waals surface area contributed by atoms with E-state index in [1.54, 1.807) is 0 Å². The SMILES string of the molecule is CCCC1(CN(CC)CCCN(C)C)CCCNC1. The van der Waals surface area contributed by atoms with Crippen LogP contribution in [-0.4, -0.2) is 63.2 Å². The fourth-order valence-electron chi connectivity index (χ4n) is 3.42. The first-order chi connectivity index (χ1) is 9.12. The van der Waals surface area contributed by atoms with E-state index in [-0.39, 0.29) is 0 Å². The number of nitrogens with one attached hydrogen (secondary N) is 1. The monoisotopic (exact) mass is 269 g/mol. The van der Waals surface area contributed by atoms with Gasteiger partial charge in [0.05, 0.1) is 0 Å². The molecular formula is C16H35N3.